The van der Waals surface area contributed by atoms with Crippen molar-refractivity contribution in [3.63, 3.8) is 0 Å². The summed E-state index contributed by atoms with van der Waals surface area (Å²) in [5, 5.41) is 0. The Morgan fingerprint density at radius 1 is 1.20 bits per heavy atom. The van der Waals surface area contributed by atoms with Crippen LogP contribution in [0.15, 0.2) is 0 Å². The molecule has 0 radical (unpaired) electrons. The van der Waals surface area contributed by atoms with Crippen LogP contribution in [0.5, 0.6) is 0 Å². The van der Waals surface area contributed by atoms with Crippen molar-refractivity contribution in [3.8, 4) is 0 Å². The maximum absolute atomic E-state index is 12.2. The zero-order valence-electron chi connectivity index (χ0n) is 10.5. The summed E-state index contributed by atoms with van der Waals surface area (Å²) in [6.07, 6.45) is 3.37. The highest BCUT2D eigenvalue weighted by Gasteiger charge is 2.50. The molecule has 0 aromatic carbocycles. The molecule has 15 heavy (non-hydrogen) atoms. The molecule has 1 aliphatic carbocycles. The van der Waals surface area contributed by atoms with Crippen molar-refractivity contribution in [2.24, 2.45) is 16.7 Å². The lowest BCUT2D eigenvalue weighted by Crippen LogP contribution is -2.37. The molecule has 2 rings (SSSR count). The summed E-state index contributed by atoms with van der Waals surface area (Å²) in [5.74, 6) is 1.08. The van der Waals surface area contributed by atoms with Gasteiger partial charge in [-0.2, -0.15) is 0 Å². The smallest absolute Gasteiger partial charge is 0.228 e. The van der Waals surface area contributed by atoms with Crippen molar-refractivity contribution in [2.75, 3.05) is 13.1 Å². The first-order valence-corrected chi connectivity index (χ1v) is 6.17. The van der Waals surface area contributed by atoms with Gasteiger partial charge in [0, 0.05) is 18.5 Å². The number of carbonyl (C=O) groups excluding carboxylic acids is 1. The van der Waals surface area contributed by atoms with E-state index in [0.717, 1.165) is 25.9 Å². The van der Waals surface area contributed by atoms with E-state index in [1.54, 1.807) is 0 Å². The summed E-state index contributed by atoms with van der Waals surface area (Å²) in [7, 11) is 0. The second-order valence-corrected chi connectivity index (χ2v) is 6.35. The number of hydrogen-bond donors (Lipinski definition) is 0. The molecule has 0 aromatic rings. The maximum Gasteiger partial charge on any atom is 0.228 e. The van der Waals surface area contributed by atoms with E-state index in [4.69, 9.17) is 0 Å². The average molecular weight is 209 g/mol. The van der Waals surface area contributed by atoms with E-state index in [9.17, 15) is 4.79 Å². The number of likely N-dealkylation sites (tertiary alicyclic amines) is 1. The Morgan fingerprint density at radius 2 is 1.80 bits per heavy atom. The molecule has 0 bridgehead atoms. The van der Waals surface area contributed by atoms with E-state index in [-0.39, 0.29) is 5.41 Å². The summed E-state index contributed by atoms with van der Waals surface area (Å²) >= 11 is 0. The minimum atomic E-state index is 0.0161. The lowest BCUT2D eigenvalue weighted by atomic mass is 9.78. The standard InChI is InChI=1S/C13H23NO/c1-10(2)13(4)7-8-14(9-13)11(15)12(3)5-6-12/h10H,5-9H2,1-4H3/t13-/m0/s1. The molecule has 0 spiro atoms. The molecule has 2 aliphatic rings. The molecule has 0 N–H and O–H groups in total. The van der Waals surface area contributed by atoms with Gasteiger partial charge in [0.1, 0.15) is 0 Å². The number of rotatable bonds is 2. The van der Waals surface area contributed by atoms with Gasteiger partial charge in [-0.1, -0.05) is 27.7 Å². The molecule has 2 nitrogen and oxygen atoms in total. The molecule has 2 fully saturated rings. The Balaban J connectivity index is 2.01. The van der Waals surface area contributed by atoms with Crippen molar-refractivity contribution in [2.45, 2.75) is 47.0 Å². The van der Waals surface area contributed by atoms with Crippen molar-refractivity contribution in [1.82, 2.24) is 4.90 Å². The van der Waals surface area contributed by atoms with Crippen LogP contribution < -0.4 is 0 Å². The fourth-order valence-corrected chi connectivity index (χ4v) is 2.41. The van der Waals surface area contributed by atoms with Crippen LogP contribution >= 0.6 is 0 Å². The number of carbonyl (C=O) groups is 1. The second-order valence-electron chi connectivity index (χ2n) is 6.35. The third-order valence-corrected chi connectivity index (χ3v) is 4.70. The average Bonchev–Trinajstić information content (AvgIpc) is 2.77. The maximum atomic E-state index is 12.2. The van der Waals surface area contributed by atoms with Gasteiger partial charge in [0.2, 0.25) is 5.91 Å². The van der Waals surface area contributed by atoms with E-state index < -0.39 is 0 Å². The molecule has 1 heterocycles. The number of amides is 1. The van der Waals surface area contributed by atoms with Crippen LogP contribution in [0.1, 0.15) is 47.0 Å². The summed E-state index contributed by atoms with van der Waals surface area (Å²) in [6, 6.07) is 0. The predicted octanol–water partition coefficient (Wildman–Crippen LogP) is 2.68. The van der Waals surface area contributed by atoms with Crippen LogP contribution in [0.4, 0.5) is 0 Å². The van der Waals surface area contributed by atoms with Gasteiger partial charge in [-0.15, -0.1) is 0 Å². The molecule has 1 amide bonds. The van der Waals surface area contributed by atoms with Gasteiger partial charge >= 0.3 is 0 Å². The predicted molar refractivity (Wildman–Crippen MR) is 61.5 cm³/mol. The first-order chi connectivity index (χ1) is 6.87. The van der Waals surface area contributed by atoms with Gasteiger partial charge in [-0.25, -0.2) is 0 Å². The van der Waals surface area contributed by atoms with Crippen LogP contribution in [-0.4, -0.2) is 23.9 Å². The van der Waals surface area contributed by atoms with Crippen LogP contribution in [-0.2, 0) is 4.79 Å². The van der Waals surface area contributed by atoms with Gasteiger partial charge in [0.05, 0.1) is 0 Å². The normalized spacial score (nSPS) is 33.5. The molecular formula is C13H23NO. The zero-order chi connectivity index (χ0) is 11.3. The van der Waals surface area contributed by atoms with Crippen LogP contribution in [0, 0.1) is 16.7 Å². The highest BCUT2D eigenvalue weighted by molar-refractivity contribution is 5.85. The SMILES string of the molecule is CC(C)[C@@]1(C)CCN(C(=O)C2(C)CC2)C1. The van der Waals surface area contributed by atoms with E-state index in [0.29, 0.717) is 17.2 Å². The summed E-state index contributed by atoms with van der Waals surface area (Å²) < 4.78 is 0. The fraction of sp³-hybridized carbons (Fsp3) is 0.923. The molecule has 86 valence electrons. The highest BCUT2D eigenvalue weighted by atomic mass is 16.2. The largest absolute Gasteiger partial charge is 0.342 e. The second kappa shape index (κ2) is 3.23. The Bertz CT molecular complexity index is 280. The third kappa shape index (κ3) is 1.79. The van der Waals surface area contributed by atoms with Crippen molar-refractivity contribution >= 4 is 5.91 Å². The molecule has 2 heteroatoms. The van der Waals surface area contributed by atoms with Gasteiger partial charge in [0.15, 0.2) is 0 Å². The Hall–Kier alpha value is -0.530. The molecule has 0 unspecified atom stereocenters. The van der Waals surface area contributed by atoms with E-state index in [1.165, 1.54) is 6.42 Å². The minimum Gasteiger partial charge on any atom is -0.342 e. The minimum absolute atomic E-state index is 0.0161. The first-order valence-electron chi connectivity index (χ1n) is 6.17. The Morgan fingerprint density at radius 3 is 2.20 bits per heavy atom. The molecule has 1 aliphatic heterocycles. The van der Waals surface area contributed by atoms with E-state index in [2.05, 4.69) is 32.6 Å². The van der Waals surface area contributed by atoms with Crippen molar-refractivity contribution in [3.05, 3.63) is 0 Å². The van der Waals surface area contributed by atoms with E-state index >= 15 is 0 Å². The molecule has 1 atom stereocenters. The van der Waals surface area contributed by atoms with Gasteiger partial charge < -0.3 is 4.90 Å². The fourth-order valence-electron chi connectivity index (χ4n) is 2.41. The highest BCUT2D eigenvalue weighted by Crippen LogP contribution is 2.48. The van der Waals surface area contributed by atoms with E-state index in [1.807, 2.05) is 0 Å². The van der Waals surface area contributed by atoms with Crippen LogP contribution in [0.3, 0.4) is 0 Å². The number of hydrogen-bond acceptors (Lipinski definition) is 1. The quantitative estimate of drug-likeness (QED) is 0.684. The lowest BCUT2D eigenvalue weighted by Gasteiger charge is -2.29. The lowest BCUT2D eigenvalue weighted by molar-refractivity contribution is -0.135. The molecule has 0 aromatic heterocycles. The number of nitrogens with zero attached hydrogens (tertiary/aromatic N) is 1. The summed E-state index contributed by atoms with van der Waals surface area (Å²) in [6.45, 7) is 10.9. The zero-order valence-corrected chi connectivity index (χ0v) is 10.5. The summed E-state index contributed by atoms with van der Waals surface area (Å²) in [4.78, 5) is 14.3. The Kier molecular flexibility index (Phi) is 2.36. The molecular weight excluding hydrogens is 186 g/mol. The van der Waals surface area contributed by atoms with Gasteiger partial charge in [0.25, 0.3) is 0 Å². The summed E-state index contributed by atoms with van der Waals surface area (Å²) in [5.41, 5.74) is 0.364. The molecule has 1 saturated carbocycles. The van der Waals surface area contributed by atoms with Gasteiger partial charge in [-0.3, -0.25) is 4.79 Å². The third-order valence-electron chi connectivity index (χ3n) is 4.70. The Labute approximate surface area is 93.0 Å². The van der Waals surface area contributed by atoms with Crippen LogP contribution in [0.2, 0.25) is 0 Å². The molecule has 1 saturated heterocycles. The monoisotopic (exact) mass is 209 g/mol. The topological polar surface area (TPSA) is 20.3 Å². The first kappa shape index (κ1) is 11.0. The van der Waals surface area contributed by atoms with Gasteiger partial charge in [-0.05, 0) is 30.6 Å². The van der Waals surface area contributed by atoms with Crippen molar-refractivity contribution < 1.29 is 4.79 Å². The van der Waals surface area contributed by atoms with Crippen molar-refractivity contribution in [1.29, 1.82) is 0 Å². The van der Waals surface area contributed by atoms with Crippen LogP contribution in [0.25, 0.3) is 0 Å².